The number of allylic oxidation sites excluding steroid dienone is 4. The van der Waals surface area contributed by atoms with E-state index >= 15 is 0 Å². The summed E-state index contributed by atoms with van der Waals surface area (Å²) in [5.74, 6) is 0.274. The minimum Gasteiger partial charge on any atom is -0.462 e. The number of carbonyl (C=O) groups excluding carboxylic acids is 2. The molecule has 0 radical (unpaired) electrons. The molecule has 12 unspecified atom stereocenters. The van der Waals surface area contributed by atoms with Gasteiger partial charge in [-0.3, -0.25) is 9.59 Å². The van der Waals surface area contributed by atoms with E-state index in [0.717, 1.165) is 32.1 Å². The first-order chi connectivity index (χ1) is 20.7. The maximum absolute atomic E-state index is 13.6. The van der Waals surface area contributed by atoms with Crippen LogP contribution in [0.15, 0.2) is 23.3 Å². The Morgan fingerprint density at radius 2 is 1.63 bits per heavy atom. The number of cyclic esters (lactones) is 1. The number of aliphatic hydroxyl groups excluding tert-OH is 1. The zero-order valence-corrected chi connectivity index (χ0v) is 26.7. The van der Waals surface area contributed by atoms with Crippen LogP contribution in [0, 0.1) is 29.6 Å². The quantitative estimate of drug-likeness (QED) is 0.331. The van der Waals surface area contributed by atoms with E-state index in [0.29, 0.717) is 24.3 Å². The van der Waals surface area contributed by atoms with Crippen molar-refractivity contribution >= 4 is 11.8 Å². The summed E-state index contributed by atoms with van der Waals surface area (Å²) in [5, 5.41) is 10.7. The highest BCUT2D eigenvalue weighted by Crippen LogP contribution is 2.56. The van der Waals surface area contributed by atoms with Crippen molar-refractivity contribution in [3.63, 3.8) is 0 Å². The molecule has 0 amide bonds. The van der Waals surface area contributed by atoms with E-state index in [4.69, 9.17) is 28.4 Å². The molecule has 2 heterocycles. The molecule has 0 bridgehead atoms. The highest BCUT2D eigenvalue weighted by atomic mass is 16.7. The van der Waals surface area contributed by atoms with E-state index in [1.807, 2.05) is 6.92 Å². The topological polar surface area (TPSA) is 110 Å². The summed E-state index contributed by atoms with van der Waals surface area (Å²) in [6.45, 7) is 6.26. The van der Waals surface area contributed by atoms with Gasteiger partial charge in [-0.05, 0) is 81.1 Å². The summed E-state index contributed by atoms with van der Waals surface area (Å²) in [6, 6.07) is 0. The molecule has 2 aliphatic heterocycles. The number of rotatable bonds is 7. The highest BCUT2D eigenvalue weighted by molar-refractivity contribution is 5.97. The van der Waals surface area contributed by atoms with Gasteiger partial charge in [-0.2, -0.15) is 0 Å². The van der Waals surface area contributed by atoms with Gasteiger partial charge in [0.15, 0.2) is 12.1 Å². The number of aliphatic hydroxyl groups is 1. The zero-order chi connectivity index (χ0) is 30.8. The summed E-state index contributed by atoms with van der Waals surface area (Å²) < 4.78 is 36.4. The molecule has 13 atom stereocenters. The van der Waals surface area contributed by atoms with Gasteiger partial charge in [0.05, 0.1) is 24.7 Å². The number of methoxy groups -OCH3 is 3. The molecule has 1 N–H and O–H groups in total. The van der Waals surface area contributed by atoms with Gasteiger partial charge in [0.25, 0.3) is 0 Å². The molecule has 0 spiro atoms. The van der Waals surface area contributed by atoms with Crippen LogP contribution in [0.1, 0.15) is 78.6 Å². The van der Waals surface area contributed by atoms with Gasteiger partial charge >= 0.3 is 5.97 Å². The second-order valence-electron chi connectivity index (χ2n) is 13.3. The summed E-state index contributed by atoms with van der Waals surface area (Å²) in [7, 11) is 4.98. The van der Waals surface area contributed by atoms with E-state index < -0.39 is 18.5 Å². The Hall–Kier alpha value is -1.62. The van der Waals surface area contributed by atoms with Crippen molar-refractivity contribution in [2.24, 2.45) is 29.6 Å². The first kappa shape index (κ1) is 32.8. The lowest BCUT2D eigenvalue weighted by Crippen LogP contribution is -2.60. The molecule has 3 aliphatic carbocycles. The Kier molecular flexibility index (Phi) is 10.8. The third kappa shape index (κ3) is 6.68. The molecule has 2 saturated heterocycles. The number of esters is 1. The van der Waals surface area contributed by atoms with Crippen molar-refractivity contribution in [1.29, 1.82) is 0 Å². The van der Waals surface area contributed by atoms with Gasteiger partial charge in [-0.25, -0.2) is 0 Å². The Labute approximate surface area is 256 Å². The van der Waals surface area contributed by atoms with E-state index in [2.05, 4.69) is 26.0 Å². The Morgan fingerprint density at radius 3 is 2.30 bits per heavy atom. The van der Waals surface area contributed by atoms with Crippen molar-refractivity contribution in [2.45, 2.75) is 128 Å². The Balaban J connectivity index is 1.36. The van der Waals surface area contributed by atoms with Gasteiger partial charge in [-0.15, -0.1) is 0 Å². The molecule has 43 heavy (non-hydrogen) atoms. The van der Waals surface area contributed by atoms with Crippen LogP contribution in [0.3, 0.4) is 0 Å². The first-order valence-corrected chi connectivity index (χ1v) is 16.4. The fraction of sp³-hybridized carbons (Fsp3) is 0.824. The molecule has 9 nitrogen and oxygen atoms in total. The minimum atomic E-state index is -0.677. The van der Waals surface area contributed by atoms with Gasteiger partial charge in [-0.1, -0.05) is 31.6 Å². The van der Waals surface area contributed by atoms with E-state index in [1.165, 1.54) is 5.57 Å². The fourth-order valence-corrected chi connectivity index (χ4v) is 8.69. The number of carbonyl (C=O) groups is 2. The second-order valence-corrected chi connectivity index (χ2v) is 13.3. The number of Topliss-reactive ketones (excluding diaryl/α,β-unsaturated/α-hetero) is 1. The molecule has 1 saturated carbocycles. The van der Waals surface area contributed by atoms with Gasteiger partial charge in [0.1, 0.15) is 24.4 Å². The van der Waals surface area contributed by atoms with Crippen molar-refractivity contribution in [3.8, 4) is 0 Å². The van der Waals surface area contributed by atoms with E-state index in [-0.39, 0.29) is 78.8 Å². The lowest BCUT2D eigenvalue weighted by atomic mass is 9.67. The number of hydrogen-bond donors (Lipinski definition) is 1. The average molecular weight is 605 g/mol. The molecule has 3 fully saturated rings. The number of hydrogen-bond acceptors (Lipinski definition) is 9. The molecule has 5 aliphatic rings. The summed E-state index contributed by atoms with van der Waals surface area (Å²) in [6.07, 6.45) is 7.25. The smallest absolute Gasteiger partial charge is 0.306 e. The highest BCUT2D eigenvalue weighted by Gasteiger charge is 2.53. The summed E-state index contributed by atoms with van der Waals surface area (Å²) in [5.41, 5.74) is 1.99. The maximum atomic E-state index is 13.6. The molecule has 242 valence electrons. The minimum absolute atomic E-state index is 0.0387. The van der Waals surface area contributed by atoms with Crippen LogP contribution in [-0.4, -0.2) is 87.2 Å². The van der Waals surface area contributed by atoms with Crippen LogP contribution in [-0.2, 0) is 38.0 Å². The summed E-state index contributed by atoms with van der Waals surface area (Å²) >= 11 is 0. The SMILES string of the molecule is CCC1CCCC(O)CC(=O)C2=CC3C(C=C(C)C4CC(OC5O[C@@H](CC)C(OC)C(OC)C5OC)CC43)C2CC(=O)O1. The molecule has 0 aromatic carbocycles. The second kappa shape index (κ2) is 14.2. The predicted octanol–water partition coefficient (Wildman–Crippen LogP) is 4.54. The summed E-state index contributed by atoms with van der Waals surface area (Å²) in [4.78, 5) is 26.7. The lowest BCUT2D eigenvalue weighted by Gasteiger charge is -2.45. The molecule has 0 aromatic rings. The zero-order valence-electron chi connectivity index (χ0n) is 26.7. The third-order valence-corrected chi connectivity index (χ3v) is 10.9. The van der Waals surface area contributed by atoms with Crippen LogP contribution in [0.25, 0.3) is 0 Å². The third-order valence-electron chi connectivity index (χ3n) is 10.9. The van der Waals surface area contributed by atoms with Crippen molar-refractivity contribution in [2.75, 3.05) is 21.3 Å². The molecule has 9 heteroatoms. The molecule has 0 aromatic heterocycles. The first-order valence-electron chi connectivity index (χ1n) is 16.4. The van der Waals surface area contributed by atoms with Crippen molar-refractivity contribution < 1.29 is 43.1 Å². The van der Waals surface area contributed by atoms with Crippen LogP contribution in [0.5, 0.6) is 0 Å². The lowest BCUT2D eigenvalue weighted by molar-refractivity contribution is -0.317. The van der Waals surface area contributed by atoms with Gasteiger partial charge in [0, 0.05) is 33.7 Å². The van der Waals surface area contributed by atoms with Crippen LogP contribution in [0.2, 0.25) is 0 Å². The molecular weight excluding hydrogens is 552 g/mol. The van der Waals surface area contributed by atoms with Crippen LogP contribution in [0.4, 0.5) is 0 Å². The van der Waals surface area contributed by atoms with Crippen molar-refractivity contribution in [1.82, 2.24) is 0 Å². The van der Waals surface area contributed by atoms with E-state index in [9.17, 15) is 14.7 Å². The largest absolute Gasteiger partial charge is 0.462 e. The standard InChI is InChI=1S/C34H52O9/c1-7-20-11-9-10-19(35)13-28(36)27-16-25-23(26(27)17-30(37)41-20)12-18(3)22-14-21(15-24(22)25)42-34-33(40-6)32(39-5)31(38-4)29(8-2)43-34/h12,16,19-26,29,31-35H,7-11,13-15,17H2,1-6H3/t19?,20?,21?,22?,23?,24?,25?,26?,29-,31?,32?,33?,34?/m0/s1. The van der Waals surface area contributed by atoms with Crippen LogP contribution < -0.4 is 0 Å². The molecule has 5 rings (SSSR count). The Bertz CT molecular complexity index is 1050. The van der Waals surface area contributed by atoms with Crippen molar-refractivity contribution in [3.05, 3.63) is 23.3 Å². The molecular formula is C34H52O9. The fourth-order valence-electron chi connectivity index (χ4n) is 8.69. The monoisotopic (exact) mass is 604 g/mol. The van der Waals surface area contributed by atoms with Gasteiger partial charge in [0.2, 0.25) is 0 Å². The average Bonchev–Trinajstić information content (AvgIpc) is 3.57. The van der Waals surface area contributed by atoms with E-state index in [1.54, 1.807) is 21.3 Å². The van der Waals surface area contributed by atoms with Gasteiger partial charge < -0.3 is 33.5 Å². The maximum Gasteiger partial charge on any atom is 0.306 e. The number of ether oxygens (including phenoxy) is 6. The number of fused-ring (bicyclic) bond motifs is 5. The Morgan fingerprint density at radius 1 is 0.884 bits per heavy atom. The number of ketones is 1. The predicted molar refractivity (Wildman–Crippen MR) is 159 cm³/mol. The van der Waals surface area contributed by atoms with Crippen LogP contribution >= 0.6 is 0 Å². The normalized spacial score (nSPS) is 43.8.